The second-order valence-corrected chi connectivity index (χ2v) is 6.31. The largest absolute Gasteiger partial charge is 0.307 e. The molecule has 8 heteroatoms. The molecule has 2 aromatic rings. The third kappa shape index (κ3) is 5.99. The van der Waals surface area contributed by atoms with Crippen molar-refractivity contribution in [2.45, 2.75) is 12.8 Å². The van der Waals surface area contributed by atoms with Crippen LogP contribution in [0.1, 0.15) is 33.7 Å². The Balaban J connectivity index is 0.00000182. The highest BCUT2D eigenvalue weighted by molar-refractivity contribution is 6.04. The van der Waals surface area contributed by atoms with Gasteiger partial charge in [-0.1, -0.05) is 6.07 Å². The summed E-state index contributed by atoms with van der Waals surface area (Å²) in [5, 5.41) is 2.65. The van der Waals surface area contributed by atoms with Crippen LogP contribution in [0.5, 0.6) is 0 Å². The lowest BCUT2D eigenvalue weighted by Crippen LogP contribution is -2.33. The number of benzene rings is 1. The maximum Gasteiger partial charge on any atom is 0.256 e. The first-order valence-electron chi connectivity index (χ1n) is 8.29. The number of anilines is 1. The van der Waals surface area contributed by atoms with E-state index in [1.807, 2.05) is 7.05 Å². The number of likely N-dealkylation sites (tertiary alicyclic amines) is 1. The van der Waals surface area contributed by atoms with Crippen LogP contribution >= 0.6 is 24.8 Å². The highest BCUT2D eigenvalue weighted by Crippen LogP contribution is 2.21. The molecule has 1 aliphatic rings. The zero-order valence-corrected chi connectivity index (χ0v) is 16.5. The maximum absolute atomic E-state index is 12.9. The molecule has 1 N–H and O–H groups in total. The molecule has 1 saturated heterocycles. The van der Waals surface area contributed by atoms with Gasteiger partial charge < -0.3 is 10.2 Å². The summed E-state index contributed by atoms with van der Waals surface area (Å²) in [6.07, 6.45) is 1.65. The van der Waals surface area contributed by atoms with Gasteiger partial charge in [-0.3, -0.25) is 9.59 Å². The lowest BCUT2D eigenvalue weighted by molar-refractivity contribution is 0.0851. The van der Waals surface area contributed by atoms with Gasteiger partial charge in [-0.05, 0) is 69.4 Å². The van der Waals surface area contributed by atoms with E-state index in [0.717, 1.165) is 25.9 Å². The Hall–Kier alpha value is -2.02. The molecule has 0 unspecified atom stereocenters. The fourth-order valence-electron chi connectivity index (χ4n) is 2.91. The molecule has 0 bridgehead atoms. The van der Waals surface area contributed by atoms with E-state index in [4.69, 9.17) is 0 Å². The molecule has 1 aromatic heterocycles. The number of carbonyl (C=O) groups is 2. The molecule has 3 rings (SSSR count). The van der Waals surface area contributed by atoms with Crippen molar-refractivity contribution in [2.75, 3.05) is 25.5 Å². The van der Waals surface area contributed by atoms with Gasteiger partial charge in [0.15, 0.2) is 5.78 Å². The smallest absolute Gasteiger partial charge is 0.256 e. The number of amides is 1. The number of nitrogens with zero attached hydrogens (tertiary/aromatic N) is 2. The number of rotatable bonds is 4. The molecule has 27 heavy (non-hydrogen) atoms. The first kappa shape index (κ1) is 23.0. The summed E-state index contributed by atoms with van der Waals surface area (Å²) in [4.78, 5) is 31.3. The number of pyridine rings is 1. The summed E-state index contributed by atoms with van der Waals surface area (Å²) in [6, 6.07) is 10.3. The average molecular weight is 414 g/mol. The second kappa shape index (κ2) is 10.3. The number of nitrogens with one attached hydrogen (secondary N) is 1. The number of carbonyl (C=O) groups excluding carboxylic acids is 2. The summed E-state index contributed by atoms with van der Waals surface area (Å²) < 4.78 is 12.9. The van der Waals surface area contributed by atoms with Crippen molar-refractivity contribution in [1.29, 1.82) is 0 Å². The molecule has 1 aromatic carbocycles. The highest BCUT2D eigenvalue weighted by atomic mass is 35.5. The minimum atomic E-state index is -0.402. The summed E-state index contributed by atoms with van der Waals surface area (Å²) in [7, 11) is 2.05. The molecule has 2 heterocycles. The van der Waals surface area contributed by atoms with Gasteiger partial charge in [0, 0.05) is 11.5 Å². The lowest BCUT2D eigenvalue weighted by Gasteiger charge is -2.27. The van der Waals surface area contributed by atoms with E-state index in [9.17, 15) is 14.0 Å². The van der Waals surface area contributed by atoms with E-state index >= 15 is 0 Å². The van der Waals surface area contributed by atoms with Crippen molar-refractivity contribution in [3.63, 3.8) is 0 Å². The highest BCUT2D eigenvalue weighted by Gasteiger charge is 2.25. The van der Waals surface area contributed by atoms with Crippen molar-refractivity contribution >= 4 is 42.3 Å². The number of hydrogen-bond donors (Lipinski definition) is 1. The van der Waals surface area contributed by atoms with Crippen LogP contribution in [0.25, 0.3) is 0 Å². The Kier molecular flexibility index (Phi) is 8.82. The minimum Gasteiger partial charge on any atom is -0.307 e. The van der Waals surface area contributed by atoms with Crippen LogP contribution in [-0.4, -0.2) is 41.7 Å². The van der Waals surface area contributed by atoms with Crippen molar-refractivity contribution in [3.05, 3.63) is 59.5 Å². The third-order valence-electron chi connectivity index (χ3n) is 4.44. The van der Waals surface area contributed by atoms with E-state index in [2.05, 4.69) is 15.2 Å². The van der Waals surface area contributed by atoms with Gasteiger partial charge in [-0.15, -0.1) is 24.8 Å². The van der Waals surface area contributed by atoms with Gasteiger partial charge in [0.2, 0.25) is 0 Å². The van der Waals surface area contributed by atoms with Crippen LogP contribution in [-0.2, 0) is 0 Å². The van der Waals surface area contributed by atoms with Crippen molar-refractivity contribution < 1.29 is 14.0 Å². The molecule has 146 valence electrons. The Labute approximate surface area is 170 Å². The number of Topliss-reactive ketones (excluding diaryl/α,β-unsaturated/α-hetero) is 1. The van der Waals surface area contributed by atoms with Crippen LogP contribution < -0.4 is 5.32 Å². The molecule has 5 nitrogen and oxygen atoms in total. The first-order chi connectivity index (χ1) is 12.0. The third-order valence-corrected chi connectivity index (χ3v) is 4.44. The van der Waals surface area contributed by atoms with E-state index in [-0.39, 0.29) is 36.5 Å². The zero-order chi connectivity index (χ0) is 17.8. The number of hydrogen-bond acceptors (Lipinski definition) is 4. The molecular formula is C19H22Cl2FN3O2. The zero-order valence-electron chi connectivity index (χ0n) is 14.9. The monoisotopic (exact) mass is 413 g/mol. The van der Waals surface area contributed by atoms with Gasteiger partial charge in [-0.25, -0.2) is 9.37 Å². The SMILES string of the molecule is CN1CCC(C(=O)c2cccc(NC(=O)c3ccc(F)cc3)n2)CC1.Cl.Cl. The molecule has 1 amide bonds. The quantitative estimate of drug-likeness (QED) is 0.773. The molecule has 0 aliphatic carbocycles. The molecule has 0 atom stereocenters. The van der Waals surface area contributed by atoms with E-state index in [1.54, 1.807) is 18.2 Å². The fourth-order valence-corrected chi connectivity index (χ4v) is 2.91. The fraction of sp³-hybridized carbons (Fsp3) is 0.316. The van der Waals surface area contributed by atoms with Crippen LogP contribution in [0.3, 0.4) is 0 Å². The molecule has 1 fully saturated rings. The Morgan fingerprint density at radius 3 is 2.33 bits per heavy atom. The Bertz CT molecular complexity index is 779. The van der Waals surface area contributed by atoms with Gasteiger partial charge in [-0.2, -0.15) is 0 Å². The van der Waals surface area contributed by atoms with Crippen molar-refractivity contribution in [1.82, 2.24) is 9.88 Å². The number of aromatic nitrogens is 1. The number of piperidine rings is 1. The summed E-state index contributed by atoms with van der Waals surface area (Å²) in [5.41, 5.74) is 0.696. The number of ketones is 1. The molecular weight excluding hydrogens is 392 g/mol. The number of halogens is 3. The average Bonchev–Trinajstić information content (AvgIpc) is 2.62. The van der Waals surface area contributed by atoms with Gasteiger partial charge in [0.25, 0.3) is 5.91 Å². The first-order valence-corrected chi connectivity index (χ1v) is 8.29. The minimum absolute atomic E-state index is 0. The Morgan fingerprint density at radius 1 is 1.07 bits per heavy atom. The summed E-state index contributed by atoms with van der Waals surface area (Å²) >= 11 is 0. The molecule has 0 saturated carbocycles. The maximum atomic E-state index is 12.9. The van der Waals surface area contributed by atoms with Crippen LogP contribution in [0.2, 0.25) is 0 Å². The van der Waals surface area contributed by atoms with Crippen molar-refractivity contribution in [3.8, 4) is 0 Å². The topological polar surface area (TPSA) is 62.3 Å². The summed E-state index contributed by atoms with van der Waals surface area (Å²) in [5.74, 6) is -0.484. The van der Waals surface area contributed by atoms with Gasteiger partial charge >= 0.3 is 0 Å². The van der Waals surface area contributed by atoms with Crippen LogP contribution in [0.15, 0.2) is 42.5 Å². The van der Waals surface area contributed by atoms with Gasteiger partial charge in [0.1, 0.15) is 17.3 Å². The molecule has 1 aliphatic heterocycles. The Morgan fingerprint density at radius 2 is 1.70 bits per heavy atom. The predicted molar refractivity (Wildman–Crippen MR) is 108 cm³/mol. The van der Waals surface area contributed by atoms with E-state index in [0.29, 0.717) is 17.1 Å². The van der Waals surface area contributed by atoms with E-state index in [1.165, 1.54) is 24.3 Å². The standard InChI is InChI=1S/C19H20FN3O2.2ClH/c1-23-11-9-13(10-12-23)18(24)16-3-2-4-17(21-16)22-19(25)14-5-7-15(20)8-6-14;;/h2-8,13H,9-12H2,1H3,(H,21,22,25);2*1H. The lowest BCUT2D eigenvalue weighted by atomic mass is 9.91. The van der Waals surface area contributed by atoms with Crippen molar-refractivity contribution in [2.24, 2.45) is 5.92 Å². The van der Waals surface area contributed by atoms with Crippen LogP contribution in [0, 0.1) is 11.7 Å². The normalized spacial score (nSPS) is 14.6. The van der Waals surface area contributed by atoms with Crippen LogP contribution in [0.4, 0.5) is 10.2 Å². The molecule has 0 radical (unpaired) electrons. The predicted octanol–water partition coefficient (Wildman–Crippen LogP) is 3.84. The van der Waals surface area contributed by atoms with E-state index < -0.39 is 11.7 Å². The second-order valence-electron chi connectivity index (χ2n) is 6.31. The van der Waals surface area contributed by atoms with Gasteiger partial charge in [0.05, 0.1) is 0 Å². The summed E-state index contributed by atoms with van der Waals surface area (Å²) in [6.45, 7) is 1.80. The molecule has 0 spiro atoms.